The van der Waals surface area contributed by atoms with Crippen LogP contribution in [0.25, 0.3) is 6.08 Å². The highest BCUT2D eigenvalue weighted by molar-refractivity contribution is 6.12. The summed E-state index contributed by atoms with van der Waals surface area (Å²) < 4.78 is 15.9. The number of rotatable bonds is 7. The van der Waals surface area contributed by atoms with Crippen molar-refractivity contribution in [2.75, 3.05) is 6.61 Å². The lowest BCUT2D eigenvalue weighted by Gasteiger charge is -2.05. The second-order valence-corrected chi connectivity index (χ2v) is 6.23. The first kappa shape index (κ1) is 19.4. The van der Waals surface area contributed by atoms with Crippen LogP contribution >= 0.6 is 0 Å². The quantitative estimate of drug-likeness (QED) is 0.313. The molecule has 0 saturated carbocycles. The van der Waals surface area contributed by atoms with Gasteiger partial charge in [-0.25, -0.2) is 9.79 Å². The summed E-state index contributed by atoms with van der Waals surface area (Å²) in [6.45, 7) is 4.12. The van der Waals surface area contributed by atoms with Crippen molar-refractivity contribution in [1.29, 1.82) is 0 Å². The summed E-state index contributed by atoms with van der Waals surface area (Å²) in [5.41, 5.74) is 1.65. The van der Waals surface area contributed by atoms with Gasteiger partial charge in [0, 0.05) is 12.5 Å². The highest BCUT2D eigenvalue weighted by Crippen LogP contribution is 2.22. The number of benzene rings is 2. The molecule has 2 aromatic rings. The Morgan fingerprint density at radius 2 is 1.75 bits per heavy atom. The second-order valence-electron chi connectivity index (χ2n) is 6.23. The van der Waals surface area contributed by atoms with E-state index in [9.17, 15) is 9.59 Å². The molecule has 1 aliphatic heterocycles. The van der Waals surface area contributed by atoms with Gasteiger partial charge in [-0.1, -0.05) is 25.5 Å². The lowest BCUT2D eigenvalue weighted by Crippen LogP contribution is -2.05. The Kier molecular flexibility index (Phi) is 6.22. The zero-order chi connectivity index (χ0) is 19.9. The summed E-state index contributed by atoms with van der Waals surface area (Å²) in [5, 5.41) is 0. The molecule has 6 nitrogen and oxygen atoms in total. The minimum Gasteiger partial charge on any atom is -0.494 e. The third kappa shape index (κ3) is 5.07. The van der Waals surface area contributed by atoms with E-state index in [1.54, 1.807) is 30.3 Å². The van der Waals surface area contributed by atoms with Gasteiger partial charge in [-0.3, -0.25) is 4.79 Å². The second kappa shape index (κ2) is 8.99. The van der Waals surface area contributed by atoms with E-state index in [4.69, 9.17) is 14.2 Å². The molecule has 144 valence electrons. The Hall–Kier alpha value is -3.41. The fraction of sp³-hybridized carbons (Fsp3) is 0.227. The van der Waals surface area contributed by atoms with Gasteiger partial charge >= 0.3 is 11.9 Å². The zero-order valence-electron chi connectivity index (χ0n) is 15.8. The Bertz CT molecular complexity index is 911. The molecule has 3 rings (SSSR count). The van der Waals surface area contributed by atoms with Crippen molar-refractivity contribution in [3.05, 3.63) is 65.4 Å². The molecular formula is C22H21NO5. The van der Waals surface area contributed by atoms with E-state index in [0.29, 0.717) is 17.9 Å². The molecule has 0 fully saturated rings. The van der Waals surface area contributed by atoms with Crippen molar-refractivity contribution < 1.29 is 23.8 Å². The molecule has 1 aliphatic rings. The minimum absolute atomic E-state index is 0.207. The van der Waals surface area contributed by atoms with Crippen LogP contribution in [0.1, 0.15) is 37.8 Å². The molecule has 2 aromatic carbocycles. The van der Waals surface area contributed by atoms with E-state index in [1.165, 1.54) is 6.92 Å². The molecule has 28 heavy (non-hydrogen) atoms. The molecule has 6 heteroatoms. The van der Waals surface area contributed by atoms with Crippen LogP contribution in [0.4, 0.5) is 0 Å². The van der Waals surface area contributed by atoms with Crippen LogP contribution in [0.15, 0.2) is 59.2 Å². The number of aliphatic imine (C=N–C) groups is 1. The van der Waals surface area contributed by atoms with Crippen LogP contribution < -0.4 is 9.47 Å². The van der Waals surface area contributed by atoms with Crippen molar-refractivity contribution in [1.82, 2.24) is 0 Å². The van der Waals surface area contributed by atoms with Crippen molar-refractivity contribution in [2.24, 2.45) is 4.99 Å². The minimum atomic E-state index is -0.512. The van der Waals surface area contributed by atoms with Crippen molar-refractivity contribution >= 4 is 23.9 Å². The monoisotopic (exact) mass is 379 g/mol. The van der Waals surface area contributed by atoms with E-state index in [-0.39, 0.29) is 17.6 Å². The molecule has 0 saturated heterocycles. The predicted molar refractivity (Wildman–Crippen MR) is 105 cm³/mol. The Balaban J connectivity index is 1.71. The number of ether oxygens (including phenoxy) is 3. The third-order valence-electron chi connectivity index (χ3n) is 3.93. The van der Waals surface area contributed by atoms with Gasteiger partial charge in [0.05, 0.1) is 6.61 Å². The van der Waals surface area contributed by atoms with Crippen molar-refractivity contribution in [3.8, 4) is 11.5 Å². The van der Waals surface area contributed by atoms with Gasteiger partial charge < -0.3 is 14.2 Å². The largest absolute Gasteiger partial charge is 0.494 e. The zero-order valence-corrected chi connectivity index (χ0v) is 15.8. The van der Waals surface area contributed by atoms with Gasteiger partial charge in [0.15, 0.2) is 5.70 Å². The van der Waals surface area contributed by atoms with E-state index in [2.05, 4.69) is 11.9 Å². The summed E-state index contributed by atoms with van der Waals surface area (Å²) in [6.07, 6.45) is 3.70. The number of nitrogens with zero attached hydrogens (tertiary/aromatic N) is 1. The van der Waals surface area contributed by atoms with E-state index in [0.717, 1.165) is 24.2 Å². The SMILES string of the molecule is CCCCOc1ccc(C2=N/C(=C/c3ccc(OC(C)=O)cc3)C(=O)O2)cc1. The number of cyclic esters (lactones) is 1. The Labute approximate surface area is 163 Å². The maximum atomic E-state index is 12.1. The number of hydrogen-bond donors (Lipinski definition) is 0. The topological polar surface area (TPSA) is 74.2 Å². The van der Waals surface area contributed by atoms with Crippen LogP contribution in [0, 0.1) is 0 Å². The summed E-state index contributed by atoms with van der Waals surface area (Å²) in [7, 11) is 0. The van der Waals surface area contributed by atoms with Gasteiger partial charge in [0.2, 0.25) is 5.90 Å². The van der Waals surface area contributed by atoms with Crippen LogP contribution in [0.3, 0.4) is 0 Å². The summed E-state index contributed by atoms with van der Waals surface area (Å²) in [5.74, 6) is 0.566. The van der Waals surface area contributed by atoms with Crippen LogP contribution in [0.2, 0.25) is 0 Å². The van der Waals surface area contributed by atoms with Crippen LogP contribution in [-0.4, -0.2) is 24.4 Å². The van der Waals surface area contributed by atoms with Gasteiger partial charge in [-0.2, -0.15) is 0 Å². The first-order valence-corrected chi connectivity index (χ1v) is 9.09. The Morgan fingerprint density at radius 1 is 1.07 bits per heavy atom. The molecule has 0 amide bonds. The smallest absolute Gasteiger partial charge is 0.363 e. The van der Waals surface area contributed by atoms with Gasteiger partial charge in [0.25, 0.3) is 0 Å². The molecule has 0 bridgehead atoms. The normalized spacial score (nSPS) is 14.6. The molecule has 0 N–H and O–H groups in total. The molecular weight excluding hydrogens is 358 g/mol. The van der Waals surface area contributed by atoms with Crippen LogP contribution in [-0.2, 0) is 14.3 Å². The van der Waals surface area contributed by atoms with Gasteiger partial charge in [-0.15, -0.1) is 0 Å². The summed E-state index contributed by atoms with van der Waals surface area (Å²) in [6, 6.07) is 14.0. The molecule has 0 atom stereocenters. The summed E-state index contributed by atoms with van der Waals surface area (Å²) in [4.78, 5) is 27.4. The maximum Gasteiger partial charge on any atom is 0.363 e. The van der Waals surface area contributed by atoms with E-state index < -0.39 is 5.97 Å². The molecule has 0 radical (unpaired) electrons. The van der Waals surface area contributed by atoms with E-state index in [1.807, 2.05) is 24.3 Å². The number of carbonyl (C=O) groups is 2. The number of hydrogen-bond acceptors (Lipinski definition) is 6. The molecule has 0 spiro atoms. The highest BCUT2D eigenvalue weighted by atomic mass is 16.6. The lowest BCUT2D eigenvalue weighted by molar-refractivity contribution is -0.132. The first-order chi connectivity index (χ1) is 13.5. The number of carbonyl (C=O) groups excluding carboxylic acids is 2. The molecule has 0 aliphatic carbocycles. The molecule has 0 unspecified atom stereocenters. The number of esters is 2. The molecule has 0 aromatic heterocycles. The van der Waals surface area contributed by atoms with Gasteiger partial charge in [-0.05, 0) is 54.5 Å². The Morgan fingerprint density at radius 3 is 2.39 bits per heavy atom. The lowest BCUT2D eigenvalue weighted by atomic mass is 10.2. The first-order valence-electron chi connectivity index (χ1n) is 9.09. The van der Waals surface area contributed by atoms with Gasteiger partial charge in [0.1, 0.15) is 11.5 Å². The predicted octanol–water partition coefficient (Wildman–Crippen LogP) is 4.14. The fourth-order valence-electron chi connectivity index (χ4n) is 2.52. The van der Waals surface area contributed by atoms with E-state index >= 15 is 0 Å². The third-order valence-corrected chi connectivity index (χ3v) is 3.93. The van der Waals surface area contributed by atoms with Crippen molar-refractivity contribution in [3.63, 3.8) is 0 Å². The highest BCUT2D eigenvalue weighted by Gasteiger charge is 2.24. The summed E-state index contributed by atoms with van der Waals surface area (Å²) >= 11 is 0. The number of unbranched alkanes of at least 4 members (excludes halogenated alkanes) is 1. The standard InChI is InChI=1S/C22H21NO5/c1-3-4-13-26-18-11-7-17(8-12-18)21-23-20(22(25)28-21)14-16-5-9-19(10-6-16)27-15(2)24/h5-12,14H,3-4,13H2,1-2H3/b20-14+. The average molecular weight is 379 g/mol. The molecule has 1 heterocycles. The average Bonchev–Trinajstić information content (AvgIpc) is 3.04. The van der Waals surface area contributed by atoms with Crippen molar-refractivity contribution in [2.45, 2.75) is 26.7 Å². The van der Waals surface area contributed by atoms with Crippen LogP contribution in [0.5, 0.6) is 11.5 Å². The maximum absolute atomic E-state index is 12.1. The fourth-order valence-corrected chi connectivity index (χ4v) is 2.52.